The van der Waals surface area contributed by atoms with Crippen LogP contribution in [0.2, 0.25) is 0 Å². The number of carbonyl (C=O) groups is 1. The molecule has 1 aliphatic carbocycles. The monoisotopic (exact) mass is 529 g/mol. The molecule has 0 aromatic heterocycles. The van der Waals surface area contributed by atoms with Gasteiger partial charge in [-0.15, -0.1) is 0 Å². The summed E-state index contributed by atoms with van der Waals surface area (Å²) in [5.41, 5.74) is -0.138. The van der Waals surface area contributed by atoms with Gasteiger partial charge < -0.3 is 5.11 Å². The molecule has 0 heterocycles. The molecule has 3 nitrogen and oxygen atoms in total. The number of benzene rings is 2. The average molecular weight is 530 g/mol. The number of carboxylic acid groups (broad SMARTS) is 1. The first-order valence-electron chi connectivity index (χ1n) is 12.5. The average Bonchev–Trinajstić information content (AvgIpc) is 2.80. The summed E-state index contributed by atoms with van der Waals surface area (Å²) < 4.78 is 78.7. The van der Waals surface area contributed by atoms with Crippen molar-refractivity contribution in [3.63, 3.8) is 0 Å². The van der Waals surface area contributed by atoms with E-state index in [4.69, 9.17) is 0 Å². The maximum atomic E-state index is 13.2. The normalized spacial score (nSPS) is 21.0. The minimum absolute atomic E-state index is 0.0967. The van der Waals surface area contributed by atoms with Gasteiger partial charge in [-0.1, -0.05) is 44.5 Å². The molecule has 0 aliphatic heterocycles. The number of halogens is 6. The van der Waals surface area contributed by atoms with E-state index in [2.05, 4.69) is 18.7 Å². The van der Waals surface area contributed by atoms with Gasteiger partial charge in [0.1, 0.15) is 0 Å². The van der Waals surface area contributed by atoms with Gasteiger partial charge in [-0.25, -0.2) is 0 Å². The van der Waals surface area contributed by atoms with Crippen LogP contribution >= 0.6 is 0 Å². The highest BCUT2D eigenvalue weighted by Crippen LogP contribution is 2.43. The highest BCUT2D eigenvalue weighted by Gasteiger charge is 2.39. The van der Waals surface area contributed by atoms with E-state index >= 15 is 0 Å². The molecule has 0 unspecified atom stereocenters. The van der Waals surface area contributed by atoms with Gasteiger partial charge in [0.15, 0.2) is 0 Å². The smallest absolute Gasteiger partial charge is 0.416 e. The first-order valence-corrected chi connectivity index (χ1v) is 12.5. The Morgan fingerprint density at radius 2 is 1.46 bits per heavy atom. The van der Waals surface area contributed by atoms with Crippen molar-refractivity contribution in [2.75, 3.05) is 6.54 Å². The van der Waals surface area contributed by atoms with Crippen molar-refractivity contribution in [3.05, 3.63) is 70.8 Å². The lowest BCUT2D eigenvalue weighted by Crippen LogP contribution is -2.45. The minimum Gasteiger partial charge on any atom is -0.481 e. The maximum absolute atomic E-state index is 13.2. The summed E-state index contributed by atoms with van der Waals surface area (Å²) in [6.45, 7) is 5.14. The first kappa shape index (κ1) is 29.0. The third-order valence-corrected chi connectivity index (χ3v) is 7.19. The Morgan fingerprint density at radius 1 is 0.919 bits per heavy atom. The molecule has 0 spiro atoms. The largest absolute Gasteiger partial charge is 0.481 e. The van der Waals surface area contributed by atoms with E-state index in [9.17, 15) is 36.2 Å². The Hall–Kier alpha value is -2.55. The second kappa shape index (κ2) is 11.9. The van der Waals surface area contributed by atoms with Crippen LogP contribution in [0.5, 0.6) is 0 Å². The van der Waals surface area contributed by atoms with Gasteiger partial charge in [0, 0.05) is 24.9 Å². The van der Waals surface area contributed by atoms with Crippen molar-refractivity contribution in [1.82, 2.24) is 4.90 Å². The molecule has 0 amide bonds. The van der Waals surface area contributed by atoms with Crippen LogP contribution < -0.4 is 0 Å². The number of alkyl halides is 6. The van der Waals surface area contributed by atoms with Crippen LogP contribution in [-0.2, 0) is 23.7 Å². The summed E-state index contributed by atoms with van der Waals surface area (Å²) in [6, 6.07) is 9.82. The molecule has 1 N–H and O–H groups in total. The van der Waals surface area contributed by atoms with Gasteiger partial charge in [0.05, 0.1) is 11.1 Å². The van der Waals surface area contributed by atoms with E-state index in [1.54, 1.807) is 0 Å². The molecular formula is C28H33F6NO2. The van der Waals surface area contributed by atoms with E-state index in [1.807, 2.05) is 0 Å². The van der Waals surface area contributed by atoms with E-state index in [0.717, 1.165) is 43.5 Å². The third kappa shape index (κ3) is 7.97. The van der Waals surface area contributed by atoms with Gasteiger partial charge in [-0.3, -0.25) is 9.69 Å². The fraction of sp³-hybridized carbons (Fsp3) is 0.536. The fourth-order valence-corrected chi connectivity index (χ4v) is 5.33. The lowest BCUT2D eigenvalue weighted by molar-refractivity contribution is -0.139. The van der Waals surface area contributed by atoms with Gasteiger partial charge >= 0.3 is 18.3 Å². The molecule has 1 fully saturated rings. The molecule has 1 aliphatic rings. The summed E-state index contributed by atoms with van der Waals surface area (Å²) in [6.07, 6.45) is -6.05. The molecule has 3 atom stereocenters. The van der Waals surface area contributed by atoms with E-state index in [1.165, 1.54) is 24.3 Å². The predicted molar refractivity (Wildman–Crippen MR) is 129 cm³/mol. The highest BCUT2D eigenvalue weighted by molar-refractivity contribution is 5.67. The number of hydrogen-bond donors (Lipinski definition) is 1. The minimum atomic E-state index is -4.48. The zero-order valence-corrected chi connectivity index (χ0v) is 20.9. The standard InChI is InChI=1S/C28H33F6NO2/c1-18(2)14-15-35(17-19-6-10-22(11-7-19)27(29,30)31)24-5-3-4-21(16-25(36)37)26(24)20-8-12-23(13-9-20)28(32,33)34/h6-13,18,21,24,26H,3-5,14-17H2,1-2H3,(H,36,37)/t21-,24-,26+/m1/s1. The zero-order valence-electron chi connectivity index (χ0n) is 20.9. The van der Waals surface area contributed by atoms with Crippen LogP contribution in [0.25, 0.3) is 0 Å². The Labute approximate surface area is 213 Å². The molecule has 0 radical (unpaired) electrons. The van der Waals surface area contributed by atoms with Crippen LogP contribution in [-0.4, -0.2) is 28.6 Å². The number of carboxylic acids is 1. The molecule has 204 valence electrons. The van der Waals surface area contributed by atoms with Crippen LogP contribution in [0, 0.1) is 11.8 Å². The van der Waals surface area contributed by atoms with Gasteiger partial charge in [0.2, 0.25) is 0 Å². The molecule has 3 rings (SSSR count). The van der Waals surface area contributed by atoms with E-state index in [-0.39, 0.29) is 24.3 Å². The van der Waals surface area contributed by atoms with Crippen LogP contribution in [0.15, 0.2) is 48.5 Å². The molecule has 0 saturated heterocycles. The number of hydrogen-bond acceptors (Lipinski definition) is 2. The third-order valence-electron chi connectivity index (χ3n) is 7.19. The zero-order chi connectivity index (χ0) is 27.4. The Kier molecular flexibility index (Phi) is 9.32. The predicted octanol–water partition coefficient (Wildman–Crippen LogP) is 8.00. The summed E-state index contributed by atoms with van der Waals surface area (Å²) in [4.78, 5) is 13.9. The van der Waals surface area contributed by atoms with E-state index < -0.39 is 29.4 Å². The van der Waals surface area contributed by atoms with Crippen molar-refractivity contribution in [2.45, 2.75) is 76.8 Å². The van der Waals surface area contributed by atoms with Crippen molar-refractivity contribution in [3.8, 4) is 0 Å². The van der Waals surface area contributed by atoms with Crippen molar-refractivity contribution >= 4 is 5.97 Å². The summed E-state index contributed by atoms with van der Waals surface area (Å²) >= 11 is 0. The number of nitrogens with zero attached hydrogens (tertiary/aromatic N) is 1. The van der Waals surface area contributed by atoms with Crippen molar-refractivity contribution in [1.29, 1.82) is 0 Å². The second-order valence-electron chi connectivity index (χ2n) is 10.3. The lowest BCUT2D eigenvalue weighted by atomic mass is 9.70. The quantitative estimate of drug-likeness (QED) is 0.335. The van der Waals surface area contributed by atoms with Crippen molar-refractivity contribution < 1.29 is 36.2 Å². The van der Waals surface area contributed by atoms with Gasteiger partial charge in [0.25, 0.3) is 0 Å². The van der Waals surface area contributed by atoms with Crippen LogP contribution in [0.1, 0.15) is 74.1 Å². The Bertz CT molecular complexity index is 1010. The van der Waals surface area contributed by atoms with Gasteiger partial charge in [-0.05, 0) is 73.0 Å². The molecule has 37 heavy (non-hydrogen) atoms. The molecule has 2 aromatic rings. The molecule has 1 saturated carbocycles. The topological polar surface area (TPSA) is 40.5 Å². The highest BCUT2D eigenvalue weighted by atomic mass is 19.4. The Balaban J connectivity index is 1.97. The summed E-state index contributed by atoms with van der Waals surface area (Å²) in [7, 11) is 0. The molecule has 0 bridgehead atoms. The lowest BCUT2D eigenvalue weighted by Gasteiger charge is -2.44. The maximum Gasteiger partial charge on any atom is 0.416 e. The SMILES string of the molecule is CC(C)CCN(Cc1ccc(C(F)(F)F)cc1)[C@@H]1CCC[C@H](CC(=O)O)[C@@H]1c1ccc(C(F)(F)F)cc1. The Morgan fingerprint density at radius 3 is 1.95 bits per heavy atom. The molecule has 9 heteroatoms. The van der Waals surface area contributed by atoms with E-state index in [0.29, 0.717) is 36.6 Å². The molecular weight excluding hydrogens is 496 g/mol. The van der Waals surface area contributed by atoms with Crippen LogP contribution in [0.4, 0.5) is 26.3 Å². The fourth-order valence-electron chi connectivity index (χ4n) is 5.33. The number of rotatable bonds is 9. The molecule has 2 aromatic carbocycles. The number of aliphatic carboxylic acids is 1. The van der Waals surface area contributed by atoms with Crippen LogP contribution in [0.3, 0.4) is 0 Å². The second-order valence-corrected chi connectivity index (χ2v) is 10.3. The first-order chi connectivity index (χ1) is 17.3. The van der Waals surface area contributed by atoms with Crippen molar-refractivity contribution in [2.24, 2.45) is 11.8 Å². The summed E-state index contributed by atoms with van der Waals surface area (Å²) in [5, 5.41) is 9.55. The van der Waals surface area contributed by atoms with Gasteiger partial charge in [-0.2, -0.15) is 26.3 Å². The summed E-state index contributed by atoms with van der Waals surface area (Å²) in [5.74, 6) is -1.17.